The maximum absolute atomic E-state index is 12.6. The zero-order valence-corrected chi connectivity index (χ0v) is 15.5. The lowest BCUT2D eigenvalue weighted by molar-refractivity contribution is -0.136. The van der Waals surface area contributed by atoms with Gasteiger partial charge in [0, 0.05) is 0 Å². The minimum Gasteiger partial charge on any atom is -0.491 e. The van der Waals surface area contributed by atoms with Crippen LogP contribution in [0.15, 0.2) is 60.2 Å². The number of methoxy groups -OCH3 is 1. The van der Waals surface area contributed by atoms with Crippen LogP contribution in [0.3, 0.4) is 0 Å². The van der Waals surface area contributed by atoms with E-state index in [2.05, 4.69) is 10.6 Å². The molecule has 2 amide bonds. The largest absolute Gasteiger partial charge is 0.491 e. The van der Waals surface area contributed by atoms with E-state index in [1.165, 1.54) is 7.11 Å². The van der Waals surface area contributed by atoms with Gasteiger partial charge in [-0.05, 0) is 37.1 Å². The second-order valence-electron chi connectivity index (χ2n) is 6.41. The van der Waals surface area contributed by atoms with Crippen molar-refractivity contribution < 1.29 is 19.1 Å². The van der Waals surface area contributed by atoms with Crippen molar-refractivity contribution in [3.8, 4) is 5.75 Å². The van der Waals surface area contributed by atoms with E-state index in [1.54, 1.807) is 0 Å². The summed E-state index contributed by atoms with van der Waals surface area (Å²) in [5.74, 6) is 0.217. The molecule has 1 aliphatic rings. The first-order chi connectivity index (χ1) is 13.0. The Bertz CT molecular complexity index is 858. The predicted octanol–water partition coefficient (Wildman–Crippen LogP) is 3.41. The molecule has 2 aromatic carbocycles. The maximum Gasteiger partial charge on any atom is 0.338 e. The van der Waals surface area contributed by atoms with Crippen molar-refractivity contribution in [3.63, 3.8) is 0 Å². The van der Waals surface area contributed by atoms with Crippen molar-refractivity contribution in [2.45, 2.75) is 26.0 Å². The highest BCUT2D eigenvalue weighted by Crippen LogP contribution is 2.32. The molecule has 1 heterocycles. The van der Waals surface area contributed by atoms with Crippen LogP contribution >= 0.6 is 0 Å². The number of rotatable bonds is 5. The van der Waals surface area contributed by atoms with Gasteiger partial charge < -0.3 is 20.1 Å². The van der Waals surface area contributed by atoms with Crippen LogP contribution in [-0.2, 0) is 9.53 Å². The van der Waals surface area contributed by atoms with Gasteiger partial charge in [-0.1, -0.05) is 42.5 Å². The molecule has 1 atom stereocenters. The molecule has 0 saturated heterocycles. The molecule has 1 unspecified atom stereocenters. The van der Waals surface area contributed by atoms with E-state index < -0.39 is 12.0 Å². The number of urea groups is 1. The molecule has 27 heavy (non-hydrogen) atoms. The molecule has 0 aliphatic carbocycles. The molecule has 3 rings (SSSR count). The van der Waals surface area contributed by atoms with Gasteiger partial charge >= 0.3 is 12.0 Å². The average molecular weight is 366 g/mol. The summed E-state index contributed by atoms with van der Waals surface area (Å²) in [5.41, 5.74) is 2.28. The first-order valence-corrected chi connectivity index (χ1v) is 8.71. The summed E-state index contributed by atoms with van der Waals surface area (Å²) >= 11 is 0. The topological polar surface area (TPSA) is 76.7 Å². The van der Waals surface area contributed by atoms with Gasteiger partial charge in [-0.25, -0.2) is 9.59 Å². The number of nitrogens with one attached hydrogen (secondary N) is 2. The molecule has 0 spiro atoms. The SMILES string of the molecule is COC(=O)C1=C(c2ccccc2)NC(=O)NC1c1ccc(OC(C)C)cc1. The Hall–Kier alpha value is -3.28. The molecule has 2 aromatic rings. The van der Waals surface area contributed by atoms with Crippen LogP contribution in [0.2, 0.25) is 0 Å². The van der Waals surface area contributed by atoms with Gasteiger partial charge in [-0.15, -0.1) is 0 Å². The molecule has 0 radical (unpaired) electrons. The third-order valence-corrected chi connectivity index (χ3v) is 4.12. The lowest BCUT2D eigenvalue weighted by Crippen LogP contribution is -2.45. The Kier molecular flexibility index (Phi) is 5.45. The van der Waals surface area contributed by atoms with E-state index in [4.69, 9.17) is 9.47 Å². The van der Waals surface area contributed by atoms with E-state index in [0.717, 1.165) is 16.9 Å². The minimum absolute atomic E-state index is 0.0599. The standard InChI is InChI=1S/C21H22N2O4/c1-13(2)27-16-11-9-15(10-12-16)19-17(20(24)26-3)18(22-21(25)23-19)14-7-5-4-6-8-14/h4-13,19H,1-3H3,(H2,22,23,25). The van der Waals surface area contributed by atoms with E-state index in [1.807, 2.05) is 68.4 Å². The number of carbonyl (C=O) groups is 2. The second kappa shape index (κ2) is 7.95. The predicted molar refractivity (Wildman–Crippen MR) is 102 cm³/mol. The molecule has 6 nitrogen and oxygen atoms in total. The number of amides is 2. The normalized spacial score (nSPS) is 16.6. The Labute approximate surface area is 158 Å². The Morgan fingerprint density at radius 3 is 2.30 bits per heavy atom. The quantitative estimate of drug-likeness (QED) is 0.795. The van der Waals surface area contributed by atoms with Crippen LogP contribution in [0, 0.1) is 0 Å². The number of carbonyl (C=O) groups excluding carboxylic acids is 2. The van der Waals surface area contributed by atoms with Crippen LogP contribution in [-0.4, -0.2) is 25.2 Å². The first-order valence-electron chi connectivity index (χ1n) is 8.71. The van der Waals surface area contributed by atoms with Crippen LogP contribution < -0.4 is 15.4 Å². The van der Waals surface area contributed by atoms with Crippen LogP contribution in [0.25, 0.3) is 5.70 Å². The highest BCUT2D eigenvalue weighted by atomic mass is 16.5. The highest BCUT2D eigenvalue weighted by Gasteiger charge is 2.34. The lowest BCUT2D eigenvalue weighted by atomic mass is 9.92. The monoisotopic (exact) mass is 366 g/mol. The first kappa shape index (κ1) is 18.5. The van der Waals surface area contributed by atoms with Gasteiger partial charge in [0.25, 0.3) is 0 Å². The highest BCUT2D eigenvalue weighted by molar-refractivity contribution is 6.04. The zero-order chi connectivity index (χ0) is 19.4. The fourth-order valence-corrected chi connectivity index (χ4v) is 2.99. The van der Waals surface area contributed by atoms with Gasteiger partial charge in [-0.2, -0.15) is 0 Å². The molecule has 6 heteroatoms. The third-order valence-electron chi connectivity index (χ3n) is 4.12. The number of ether oxygens (including phenoxy) is 2. The van der Waals surface area contributed by atoms with Crippen LogP contribution in [0.5, 0.6) is 5.75 Å². The number of esters is 1. The van der Waals surface area contributed by atoms with Crippen molar-refractivity contribution in [3.05, 3.63) is 71.3 Å². The van der Waals surface area contributed by atoms with Gasteiger partial charge in [0.15, 0.2) is 0 Å². The summed E-state index contributed by atoms with van der Waals surface area (Å²) in [5, 5.41) is 5.55. The number of hydrogen-bond acceptors (Lipinski definition) is 4. The van der Waals surface area contributed by atoms with Crippen LogP contribution in [0.1, 0.15) is 31.0 Å². The van der Waals surface area contributed by atoms with E-state index >= 15 is 0 Å². The average Bonchev–Trinajstić information content (AvgIpc) is 2.67. The molecular formula is C21H22N2O4. The molecule has 0 fully saturated rings. The second-order valence-corrected chi connectivity index (χ2v) is 6.41. The van der Waals surface area contributed by atoms with Gasteiger partial charge in [0.05, 0.1) is 30.5 Å². The van der Waals surface area contributed by atoms with Crippen molar-refractivity contribution in [1.82, 2.24) is 10.6 Å². The third kappa shape index (κ3) is 4.11. The summed E-state index contributed by atoms with van der Waals surface area (Å²) in [7, 11) is 1.32. The molecular weight excluding hydrogens is 344 g/mol. The summed E-state index contributed by atoms with van der Waals surface area (Å²) in [6, 6.07) is 15.5. The van der Waals surface area contributed by atoms with Crippen molar-refractivity contribution >= 4 is 17.7 Å². The van der Waals surface area contributed by atoms with E-state index in [0.29, 0.717) is 11.3 Å². The van der Waals surface area contributed by atoms with Crippen molar-refractivity contribution in [2.75, 3.05) is 7.11 Å². The summed E-state index contributed by atoms with van der Waals surface area (Å²) in [6.07, 6.45) is 0.0599. The molecule has 2 N–H and O–H groups in total. The Morgan fingerprint density at radius 1 is 1.04 bits per heavy atom. The Balaban J connectivity index is 2.06. The molecule has 0 saturated carbocycles. The molecule has 0 aromatic heterocycles. The molecule has 140 valence electrons. The van der Waals surface area contributed by atoms with E-state index in [-0.39, 0.29) is 12.1 Å². The lowest BCUT2D eigenvalue weighted by Gasteiger charge is -2.29. The molecule has 1 aliphatic heterocycles. The summed E-state index contributed by atoms with van der Waals surface area (Å²) in [6.45, 7) is 3.90. The minimum atomic E-state index is -0.630. The van der Waals surface area contributed by atoms with Crippen LogP contribution in [0.4, 0.5) is 4.79 Å². The van der Waals surface area contributed by atoms with Gasteiger partial charge in [0.1, 0.15) is 5.75 Å². The summed E-state index contributed by atoms with van der Waals surface area (Å²) < 4.78 is 10.7. The number of hydrogen-bond donors (Lipinski definition) is 2. The van der Waals surface area contributed by atoms with Gasteiger partial charge in [-0.3, -0.25) is 0 Å². The molecule has 0 bridgehead atoms. The van der Waals surface area contributed by atoms with Gasteiger partial charge in [0.2, 0.25) is 0 Å². The Morgan fingerprint density at radius 2 is 1.70 bits per heavy atom. The fourth-order valence-electron chi connectivity index (χ4n) is 2.99. The number of benzene rings is 2. The maximum atomic E-state index is 12.6. The smallest absolute Gasteiger partial charge is 0.338 e. The van der Waals surface area contributed by atoms with Crippen molar-refractivity contribution in [2.24, 2.45) is 0 Å². The fraction of sp³-hybridized carbons (Fsp3) is 0.238. The summed E-state index contributed by atoms with van der Waals surface area (Å²) in [4.78, 5) is 24.8. The van der Waals surface area contributed by atoms with E-state index in [9.17, 15) is 9.59 Å². The zero-order valence-electron chi connectivity index (χ0n) is 15.5. The van der Waals surface area contributed by atoms with Crippen molar-refractivity contribution in [1.29, 1.82) is 0 Å².